The van der Waals surface area contributed by atoms with Crippen molar-refractivity contribution in [1.82, 2.24) is 4.98 Å². The highest BCUT2D eigenvalue weighted by atomic mass is 32.2. The van der Waals surface area contributed by atoms with Gasteiger partial charge in [-0.05, 0) is 36.8 Å². The number of nitrogens with one attached hydrogen (secondary N) is 1. The third kappa shape index (κ3) is 3.05. The Balaban J connectivity index is 2.32. The Bertz CT molecular complexity index is 700. The van der Waals surface area contributed by atoms with Crippen LogP contribution < -0.4 is 4.72 Å². The molecule has 0 saturated heterocycles. The highest BCUT2D eigenvalue weighted by Gasteiger charge is 2.17. The third-order valence-corrected chi connectivity index (χ3v) is 3.70. The standard InChI is InChI=1S/C12H10F2N2O2S/c1-8-2-5-12(15-7-8)16-19(17,18)9-3-4-10(13)11(14)6-9/h2-7H,1H3,(H,15,16). The van der Waals surface area contributed by atoms with E-state index in [0.717, 1.165) is 17.7 Å². The number of aromatic nitrogens is 1. The number of hydrogen-bond acceptors (Lipinski definition) is 3. The van der Waals surface area contributed by atoms with Crippen LogP contribution in [0.5, 0.6) is 0 Å². The maximum absolute atomic E-state index is 13.0. The first-order valence-corrected chi connectivity index (χ1v) is 6.77. The van der Waals surface area contributed by atoms with Gasteiger partial charge in [-0.15, -0.1) is 0 Å². The molecule has 1 heterocycles. The van der Waals surface area contributed by atoms with E-state index in [1.54, 1.807) is 13.0 Å². The maximum Gasteiger partial charge on any atom is 0.263 e. The lowest BCUT2D eigenvalue weighted by atomic mass is 10.3. The Morgan fingerprint density at radius 2 is 1.84 bits per heavy atom. The van der Waals surface area contributed by atoms with Crippen LogP contribution in [0, 0.1) is 18.6 Å². The van der Waals surface area contributed by atoms with Gasteiger partial charge >= 0.3 is 0 Å². The van der Waals surface area contributed by atoms with Crippen LogP contribution in [0.3, 0.4) is 0 Å². The molecule has 0 radical (unpaired) electrons. The van der Waals surface area contributed by atoms with Gasteiger partial charge in [-0.1, -0.05) is 6.07 Å². The average molecular weight is 284 g/mol. The molecule has 100 valence electrons. The third-order valence-electron chi connectivity index (χ3n) is 2.35. The molecule has 1 aromatic carbocycles. The normalized spacial score (nSPS) is 11.3. The molecule has 1 aromatic heterocycles. The molecule has 0 atom stereocenters. The molecule has 4 nitrogen and oxygen atoms in total. The zero-order valence-corrected chi connectivity index (χ0v) is 10.7. The first-order chi connectivity index (χ1) is 8.88. The van der Waals surface area contributed by atoms with E-state index in [-0.39, 0.29) is 10.7 Å². The molecule has 0 aliphatic heterocycles. The largest absolute Gasteiger partial charge is 0.263 e. The van der Waals surface area contributed by atoms with E-state index in [9.17, 15) is 17.2 Å². The minimum Gasteiger partial charge on any atom is -0.263 e. The van der Waals surface area contributed by atoms with Crippen LogP contribution in [0.1, 0.15) is 5.56 Å². The average Bonchev–Trinajstić information content (AvgIpc) is 2.35. The maximum atomic E-state index is 13.0. The molecular weight excluding hydrogens is 274 g/mol. The van der Waals surface area contributed by atoms with E-state index < -0.39 is 21.7 Å². The second-order valence-electron chi connectivity index (χ2n) is 3.90. The second-order valence-corrected chi connectivity index (χ2v) is 5.58. The quantitative estimate of drug-likeness (QED) is 0.942. The van der Waals surface area contributed by atoms with Crippen LogP contribution in [-0.2, 0) is 10.0 Å². The molecule has 0 unspecified atom stereocenters. The van der Waals surface area contributed by atoms with E-state index >= 15 is 0 Å². The molecule has 0 saturated carbocycles. The highest BCUT2D eigenvalue weighted by Crippen LogP contribution is 2.17. The zero-order chi connectivity index (χ0) is 14.0. The lowest BCUT2D eigenvalue weighted by molar-refractivity contribution is 0.504. The van der Waals surface area contributed by atoms with Crippen LogP contribution >= 0.6 is 0 Å². The highest BCUT2D eigenvalue weighted by molar-refractivity contribution is 7.92. The van der Waals surface area contributed by atoms with E-state index in [2.05, 4.69) is 9.71 Å². The second kappa shape index (κ2) is 4.93. The lowest BCUT2D eigenvalue weighted by Gasteiger charge is -2.07. The fourth-order valence-corrected chi connectivity index (χ4v) is 2.39. The summed E-state index contributed by atoms with van der Waals surface area (Å²) in [6, 6.07) is 5.51. The molecule has 0 aliphatic rings. The first kappa shape index (κ1) is 13.4. The summed E-state index contributed by atoms with van der Waals surface area (Å²) >= 11 is 0. The Morgan fingerprint density at radius 3 is 2.42 bits per heavy atom. The topological polar surface area (TPSA) is 59.1 Å². The summed E-state index contributed by atoms with van der Waals surface area (Å²) in [6.45, 7) is 1.81. The molecule has 0 amide bonds. The Labute approximate surface area is 109 Å². The van der Waals surface area contributed by atoms with Crippen LogP contribution in [0.15, 0.2) is 41.4 Å². The number of rotatable bonds is 3. The van der Waals surface area contributed by atoms with Gasteiger partial charge in [-0.3, -0.25) is 4.72 Å². The Kier molecular flexibility index (Phi) is 3.48. The number of benzene rings is 1. The van der Waals surface area contributed by atoms with Crippen molar-refractivity contribution in [3.63, 3.8) is 0 Å². The van der Waals surface area contributed by atoms with Crippen molar-refractivity contribution in [1.29, 1.82) is 0 Å². The van der Waals surface area contributed by atoms with Crippen molar-refractivity contribution in [3.05, 3.63) is 53.7 Å². The summed E-state index contributed by atoms with van der Waals surface area (Å²) in [5.41, 5.74) is 0.871. The number of aryl methyl sites for hydroxylation is 1. The van der Waals surface area contributed by atoms with Gasteiger partial charge in [-0.25, -0.2) is 22.2 Å². The number of pyridine rings is 1. The van der Waals surface area contributed by atoms with Crippen molar-refractivity contribution >= 4 is 15.8 Å². The molecule has 2 aromatic rings. The summed E-state index contributed by atoms with van der Waals surface area (Å²) < 4.78 is 51.8. The SMILES string of the molecule is Cc1ccc(NS(=O)(=O)c2ccc(F)c(F)c2)nc1. The Hall–Kier alpha value is -2.02. The molecule has 0 aliphatic carbocycles. The van der Waals surface area contributed by atoms with Gasteiger partial charge < -0.3 is 0 Å². The molecule has 7 heteroatoms. The summed E-state index contributed by atoms with van der Waals surface area (Å²) in [5.74, 6) is -2.22. The molecule has 0 fully saturated rings. The van der Waals surface area contributed by atoms with Crippen LogP contribution in [-0.4, -0.2) is 13.4 Å². The minimum absolute atomic E-state index is 0.107. The van der Waals surface area contributed by atoms with Crippen molar-refractivity contribution in [2.45, 2.75) is 11.8 Å². The van der Waals surface area contributed by atoms with E-state index in [4.69, 9.17) is 0 Å². The summed E-state index contributed by atoms with van der Waals surface area (Å²) in [6.07, 6.45) is 1.49. The fraction of sp³-hybridized carbons (Fsp3) is 0.0833. The monoisotopic (exact) mass is 284 g/mol. The first-order valence-electron chi connectivity index (χ1n) is 5.29. The summed E-state index contributed by atoms with van der Waals surface area (Å²) in [5, 5.41) is 0. The number of nitrogens with zero attached hydrogens (tertiary/aromatic N) is 1. The van der Waals surface area contributed by atoms with Crippen LogP contribution in [0.4, 0.5) is 14.6 Å². The Morgan fingerprint density at radius 1 is 1.11 bits per heavy atom. The van der Waals surface area contributed by atoms with Gasteiger partial charge in [0.05, 0.1) is 4.90 Å². The van der Waals surface area contributed by atoms with Crippen molar-refractivity contribution in [2.75, 3.05) is 4.72 Å². The van der Waals surface area contributed by atoms with Gasteiger partial charge in [0.25, 0.3) is 10.0 Å². The molecular formula is C12H10F2N2O2S. The minimum atomic E-state index is -3.98. The van der Waals surface area contributed by atoms with Crippen LogP contribution in [0.25, 0.3) is 0 Å². The van der Waals surface area contributed by atoms with Crippen LogP contribution in [0.2, 0.25) is 0 Å². The van der Waals surface area contributed by atoms with Gasteiger partial charge in [-0.2, -0.15) is 0 Å². The van der Waals surface area contributed by atoms with Gasteiger partial charge in [0.2, 0.25) is 0 Å². The number of sulfonamides is 1. The van der Waals surface area contributed by atoms with Gasteiger partial charge in [0.1, 0.15) is 5.82 Å². The van der Waals surface area contributed by atoms with Crippen molar-refractivity contribution < 1.29 is 17.2 Å². The number of anilines is 1. The van der Waals surface area contributed by atoms with Crippen molar-refractivity contribution in [2.24, 2.45) is 0 Å². The summed E-state index contributed by atoms with van der Waals surface area (Å²) in [4.78, 5) is 3.50. The molecule has 19 heavy (non-hydrogen) atoms. The van der Waals surface area contributed by atoms with E-state index in [1.807, 2.05) is 0 Å². The van der Waals surface area contributed by atoms with Gasteiger partial charge in [0, 0.05) is 6.20 Å². The zero-order valence-electron chi connectivity index (χ0n) is 9.89. The van der Waals surface area contributed by atoms with E-state index in [1.165, 1.54) is 12.3 Å². The van der Waals surface area contributed by atoms with Crippen molar-refractivity contribution in [3.8, 4) is 0 Å². The number of hydrogen-bond donors (Lipinski definition) is 1. The predicted octanol–water partition coefficient (Wildman–Crippen LogP) is 2.47. The van der Waals surface area contributed by atoms with E-state index in [0.29, 0.717) is 6.07 Å². The lowest BCUT2D eigenvalue weighted by Crippen LogP contribution is -2.14. The number of halogens is 2. The molecule has 0 bridgehead atoms. The predicted molar refractivity (Wildman–Crippen MR) is 66.1 cm³/mol. The molecule has 0 spiro atoms. The fourth-order valence-electron chi connectivity index (χ4n) is 1.37. The smallest absolute Gasteiger partial charge is 0.263 e. The summed E-state index contributed by atoms with van der Waals surface area (Å²) in [7, 11) is -3.98. The molecule has 2 rings (SSSR count). The molecule has 1 N–H and O–H groups in total. The van der Waals surface area contributed by atoms with Gasteiger partial charge in [0.15, 0.2) is 11.6 Å².